The molecule has 2 nitrogen and oxygen atoms in total. The first-order valence-corrected chi connectivity index (χ1v) is 7.71. The van der Waals surface area contributed by atoms with Crippen molar-refractivity contribution in [3.63, 3.8) is 0 Å². The first kappa shape index (κ1) is 17.2. The van der Waals surface area contributed by atoms with Crippen molar-refractivity contribution in [3.8, 4) is 0 Å². The fraction of sp³-hybridized carbons (Fsp3) is 0.0455. The molecule has 0 amide bonds. The summed E-state index contributed by atoms with van der Waals surface area (Å²) in [4.78, 5) is 11.8. The van der Waals surface area contributed by atoms with E-state index >= 15 is 0 Å². The molecule has 0 saturated carbocycles. The summed E-state index contributed by atoms with van der Waals surface area (Å²) in [7, 11) is 1.38. The van der Waals surface area contributed by atoms with Crippen LogP contribution in [0.3, 0.4) is 0 Å². The zero-order valence-electron chi connectivity index (χ0n) is 13.6. The van der Waals surface area contributed by atoms with Crippen molar-refractivity contribution >= 4 is 18.1 Å². The first-order chi connectivity index (χ1) is 11.8. The Morgan fingerprint density at radius 3 is 1.88 bits per heavy atom. The molecule has 0 atom stereocenters. The van der Waals surface area contributed by atoms with Gasteiger partial charge in [0.05, 0.1) is 12.7 Å². The summed E-state index contributed by atoms with van der Waals surface area (Å²) in [6, 6.07) is 19.9. The van der Waals surface area contributed by atoms with Gasteiger partial charge in [-0.25, -0.2) is 4.79 Å². The van der Waals surface area contributed by atoms with Crippen LogP contribution in [0.5, 0.6) is 0 Å². The lowest BCUT2D eigenvalue weighted by Gasteiger charge is -1.98. The molecule has 0 unspecified atom stereocenters. The molecule has 2 aromatic carbocycles. The average molecular weight is 316 g/mol. The Bertz CT molecular complexity index is 751. The van der Waals surface area contributed by atoms with Crippen LogP contribution in [-0.2, 0) is 9.53 Å². The molecule has 24 heavy (non-hydrogen) atoms. The van der Waals surface area contributed by atoms with E-state index in [2.05, 4.69) is 0 Å². The van der Waals surface area contributed by atoms with E-state index in [9.17, 15) is 4.79 Å². The third-order valence-corrected chi connectivity index (χ3v) is 3.26. The highest BCUT2D eigenvalue weighted by Gasteiger charge is 2.03. The van der Waals surface area contributed by atoms with E-state index in [1.807, 2.05) is 91.0 Å². The van der Waals surface area contributed by atoms with E-state index in [0.29, 0.717) is 5.57 Å². The normalized spacial score (nSPS) is 12.3. The number of allylic oxidation sites excluding steroid dienone is 4. The van der Waals surface area contributed by atoms with Crippen molar-refractivity contribution in [2.45, 2.75) is 0 Å². The fourth-order valence-electron chi connectivity index (χ4n) is 2.03. The summed E-state index contributed by atoms with van der Waals surface area (Å²) in [6.45, 7) is 0. The van der Waals surface area contributed by atoms with Gasteiger partial charge in [0, 0.05) is 0 Å². The molecule has 0 radical (unpaired) electrons. The van der Waals surface area contributed by atoms with Gasteiger partial charge in [0.2, 0.25) is 0 Å². The topological polar surface area (TPSA) is 26.3 Å². The molecule has 0 saturated heterocycles. The second kappa shape index (κ2) is 9.80. The molecule has 0 fully saturated rings. The van der Waals surface area contributed by atoms with Crippen molar-refractivity contribution in [3.05, 3.63) is 108 Å². The first-order valence-electron chi connectivity index (χ1n) is 7.71. The maximum Gasteiger partial charge on any atom is 0.337 e. The predicted molar refractivity (Wildman–Crippen MR) is 100 cm³/mol. The third kappa shape index (κ3) is 5.93. The van der Waals surface area contributed by atoms with Crippen LogP contribution in [0.15, 0.2) is 96.6 Å². The van der Waals surface area contributed by atoms with E-state index in [0.717, 1.165) is 11.1 Å². The fourth-order valence-corrected chi connectivity index (χ4v) is 2.03. The minimum Gasteiger partial charge on any atom is -0.465 e. The standard InChI is InChI=1S/C22H20O2/c1-24-22(23)21(18-10-16-20-13-6-3-7-14-20)17-9-8-15-19-11-4-2-5-12-19/h2-18H,1H3/b15-8+,16-10+,17-9+,21-18-. The van der Waals surface area contributed by atoms with Gasteiger partial charge in [-0.2, -0.15) is 0 Å². The number of benzene rings is 2. The number of hydrogen-bond donors (Lipinski definition) is 0. The maximum absolute atomic E-state index is 11.8. The Labute approximate surface area is 143 Å². The van der Waals surface area contributed by atoms with Crippen molar-refractivity contribution in [1.82, 2.24) is 0 Å². The van der Waals surface area contributed by atoms with E-state index in [1.54, 1.807) is 12.2 Å². The predicted octanol–water partition coefficient (Wildman–Crippen LogP) is 5.07. The van der Waals surface area contributed by atoms with E-state index < -0.39 is 0 Å². The van der Waals surface area contributed by atoms with Crippen molar-refractivity contribution in [2.24, 2.45) is 0 Å². The molecular weight excluding hydrogens is 296 g/mol. The van der Waals surface area contributed by atoms with Crippen LogP contribution < -0.4 is 0 Å². The Morgan fingerprint density at radius 2 is 1.33 bits per heavy atom. The van der Waals surface area contributed by atoms with Crippen LogP contribution >= 0.6 is 0 Å². The average Bonchev–Trinajstić information content (AvgIpc) is 2.64. The summed E-state index contributed by atoms with van der Waals surface area (Å²) in [5, 5.41) is 0. The molecule has 0 spiro atoms. The lowest BCUT2D eigenvalue weighted by molar-refractivity contribution is -0.135. The second-order valence-corrected chi connectivity index (χ2v) is 5.01. The van der Waals surface area contributed by atoms with Gasteiger partial charge in [-0.3, -0.25) is 0 Å². The van der Waals surface area contributed by atoms with E-state index in [-0.39, 0.29) is 5.97 Å². The van der Waals surface area contributed by atoms with Gasteiger partial charge in [-0.15, -0.1) is 0 Å². The third-order valence-electron chi connectivity index (χ3n) is 3.26. The zero-order chi connectivity index (χ0) is 17.0. The quantitative estimate of drug-likeness (QED) is 0.422. The SMILES string of the molecule is COC(=O)C(=C\C=C\c1ccccc1)/C=C/C=C/c1ccccc1. The summed E-state index contributed by atoms with van der Waals surface area (Å²) in [5.74, 6) is -0.364. The molecule has 0 heterocycles. The van der Waals surface area contributed by atoms with Crippen molar-refractivity contribution in [2.75, 3.05) is 7.11 Å². The van der Waals surface area contributed by atoms with Crippen LogP contribution in [0.25, 0.3) is 12.2 Å². The maximum atomic E-state index is 11.8. The largest absolute Gasteiger partial charge is 0.465 e. The van der Waals surface area contributed by atoms with Gasteiger partial charge in [0.25, 0.3) is 0 Å². The van der Waals surface area contributed by atoms with Crippen LogP contribution in [0.2, 0.25) is 0 Å². The summed E-state index contributed by atoms with van der Waals surface area (Å²) in [5.41, 5.74) is 2.67. The Balaban J connectivity index is 2.06. The van der Waals surface area contributed by atoms with Crippen LogP contribution in [-0.4, -0.2) is 13.1 Å². The number of rotatable bonds is 6. The number of esters is 1. The Kier molecular flexibility index (Phi) is 7.03. The van der Waals surface area contributed by atoms with Crippen LogP contribution in [0, 0.1) is 0 Å². The van der Waals surface area contributed by atoms with E-state index in [4.69, 9.17) is 4.74 Å². The molecule has 0 aliphatic rings. The lowest BCUT2D eigenvalue weighted by atomic mass is 10.1. The van der Waals surface area contributed by atoms with Crippen LogP contribution in [0.4, 0.5) is 0 Å². The molecule has 120 valence electrons. The highest BCUT2D eigenvalue weighted by atomic mass is 16.5. The molecule has 0 bridgehead atoms. The highest BCUT2D eigenvalue weighted by molar-refractivity contribution is 5.92. The molecule has 2 aromatic rings. The minimum absolute atomic E-state index is 0.364. The van der Waals surface area contributed by atoms with Gasteiger partial charge in [0.1, 0.15) is 0 Å². The summed E-state index contributed by atoms with van der Waals surface area (Å²) in [6.07, 6.45) is 13.0. The van der Waals surface area contributed by atoms with Gasteiger partial charge in [0.15, 0.2) is 0 Å². The smallest absolute Gasteiger partial charge is 0.337 e. The molecule has 2 rings (SSSR count). The lowest BCUT2D eigenvalue weighted by Crippen LogP contribution is -2.01. The van der Waals surface area contributed by atoms with Gasteiger partial charge < -0.3 is 4.74 Å². The van der Waals surface area contributed by atoms with Crippen LogP contribution in [0.1, 0.15) is 11.1 Å². The van der Waals surface area contributed by atoms with Gasteiger partial charge in [-0.1, -0.05) is 91.0 Å². The summed E-state index contributed by atoms with van der Waals surface area (Å²) >= 11 is 0. The Hall–Kier alpha value is -3.13. The van der Waals surface area contributed by atoms with Gasteiger partial charge >= 0.3 is 5.97 Å². The second-order valence-electron chi connectivity index (χ2n) is 5.01. The van der Waals surface area contributed by atoms with Gasteiger partial charge in [-0.05, 0) is 23.3 Å². The highest BCUT2D eigenvalue weighted by Crippen LogP contribution is 2.06. The molecule has 0 aliphatic heterocycles. The number of hydrogen-bond acceptors (Lipinski definition) is 2. The number of methoxy groups -OCH3 is 1. The monoisotopic (exact) mass is 316 g/mol. The molecule has 0 aliphatic carbocycles. The number of carbonyl (C=O) groups excluding carboxylic acids is 1. The minimum atomic E-state index is -0.364. The van der Waals surface area contributed by atoms with Crippen molar-refractivity contribution in [1.29, 1.82) is 0 Å². The zero-order valence-corrected chi connectivity index (χ0v) is 13.6. The number of carbonyl (C=O) groups is 1. The molecule has 0 aromatic heterocycles. The van der Waals surface area contributed by atoms with E-state index in [1.165, 1.54) is 7.11 Å². The van der Waals surface area contributed by atoms with Crippen molar-refractivity contribution < 1.29 is 9.53 Å². The molecular formula is C22H20O2. The molecule has 0 N–H and O–H groups in total. The summed E-state index contributed by atoms with van der Waals surface area (Å²) < 4.78 is 4.81. The Morgan fingerprint density at radius 1 is 0.792 bits per heavy atom. The molecule has 2 heteroatoms. The number of ether oxygens (including phenoxy) is 1.